The predicted molar refractivity (Wildman–Crippen MR) is 118 cm³/mol. The van der Waals surface area contributed by atoms with Gasteiger partial charge in [0.25, 0.3) is 5.91 Å². The molecule has 1 amide bonds. The lowest BCUT2D eigenvalue weighted by molar-refractivity contribution is 0.102. The average molecular weight is 409 g/mol. The van der Waals surface area contributed by atoms with Gasteiger partial charge in [-0.05, 0) is 66.9 Å². The topological polar surface area (TPSA) is 66.5 Å². The lowest BCUT2D eigenvalue weighted by Crippen LogP contribution is -2.29. The molecule has 5 nitrogen and oxygen atoms in total. The number of anilines is 2. The Morgan fingerprint density at radius 2 is 1.48 bits per heavy atom. The number of carbonyl (C=O) groups is 1. The summed E-state index contributed by atoms with van der Waals surface area (Å²) in [7, 11) is -3.47. The maximum atomic E-state index is 12.6. The van der Waals surface area contributed by atoms with E-state index in [2.05, 4.69) is 5.32 Å². The van der Waals surface area contributed by atoms with Crippen LogP contribution in [-0.4, -0.2) is 20.6 Å². The van der Waals surface area contributed by atoms with Gasteiger partial charge >= 0.3 is 0 Å². The van der Waals surface area contributed by atoms with Crippen molar-refractivity contribution in [1.82, 2.24) is 0 Å². The number of amides is 1. The van der Waals surface area contributed by atoms with Crippen molar-refractivity contribution in [3.63, 3.8) is 0 Å². The highest BCUT2D eigenvalue weighted by molar-refractivity contribution is 7.92. The van der Waals surface area contributed by atoms with Gasteiger partial charge in [-0.1, -0.05) is 36.4 Å². The molecular weight excluding hydrogens is 384 g/mol. The van der Waals surface area contributed by atoms with E-state index in [0.29, 0.717) is 11.3 Å². The maximum Gasteiger partial charge on any atom is 0.255 e. The quantitative estimate of drug-likeness (QED) is 0.652. The summed E-state index contributed by atoms with van der Waals surface area (Å²) >= 11 is 0. The summed E-state index contributed by atoms with van der Waals surface area (Å²) in [5, 5.41) is 2.89. The first-order valence-electron chi connectivity index (χ1n) is 9.24. The van der Waals surface area contributed by atoms with Crippen LogP contribution >= 0.6 is 0 Å². The van der Waals surface area contributed by atoms with E-state index in [4.69, 9.17) is 0 Å². The number of benzene rings is 3. The van der Waals surface area contributed by atoms with Crippen molar-refractivity contribution in [2.75, 3.05) is 15.9 Å². The molecule has 0 saturated carbocycles. The third-order valence-electron chi connectivity index (χ3n) is 4.47. The van der Waals surface area contributed by atoms with E-state index in [-0.39, 0.29) is 12.5 Å². The van der Waals surface area contributed by atoms with Crippen LogP contribution in [0.5, 0.6) is 0 Å². The van der Waals surface area contributed by atoms with Gasteiger partial charge in [-0.25, -0.2) is 8.42 Å². The zero-order valence-electron chi connectivity index (χ0n) is 16.7. The molecule has 1 N–H and O–H groups in total. The molecule has 3 rings (SSSR count). The molecule has 0 fully saturated rings. The molecule has 0 aromatic heterocycles. The lowest BCUT2D eigenvalue weighted by atomic mass is 10.1. The standard InChI is InChI=1S/C23H24N2O3S/c1-17-13-18(2)15-21(14-17)24-23(26)20-9-11-22(12-10-20)25(29(3,27)28)16-19-7-5-4-6-8-19/h4-15H,16H2,1-3H3,(H,24,26). The number of nitrogens with one attached hydrogen (secondary N) is 1. The lowest BCUT2D eigenvalue weighted by Gasteiger charge is -2.22. The number of nitrogens with zero attached hydrogens (tertiary/aromatic N) is 1. The van der Waals surface area contributed by atoms with Crippen LogP contribution in [0, 0.1) is 13.8 Å². The Bertz CT molecular complexity index is 1090. The first-order valence-corrected chi connectivity index (χ1v) is 11.1. The Morgan fingerprint density at radius 3 is 2.03 bits per heavy atom. The van der Waals surface area contributed by atoms with Gasteiger partial charge < -0.3 is 5.32 Å². The van der Waals surface area contributed by atoms with E-state index in [9.17, 15) is 13.2 Å². The number of rotatable bonds is 6. The first-order chi connectivity index (χ1) is 13.7. The monoisotopic (exact) mass is 408 g/mol. The predicted octanol–water partition coefficient (Wildman–Crippen LogP) is 4.52. The van der Waals surface area contributed by atoms with E-state index in [1.807, 2.05) is 62.4 Å². The van der Waals surface area contributed by atoms with Crippen molar-refractivity contribution in [1.29, 1.82) is 0 Å². The summed E-state index contributed by atoms with van der Waals surface area (Å²) in [6.45, 7) is 4.18. The fourth-order valence-corrected chi connectivity index (χ4v) is 4.07. The number of aryl methyl sites for hydroxylation is 2. The van der Waals surface area contributed by atoms with Crippen molar-refractivity contribution in [3.8, 4) is 0 Å². The van der Waals surface area contributed by atoms with Crippen molar-refractivity contribution < 1.29 is 13.2 Å². The summed E-state index contributed by atoms with van der Waals surface area (Å²) in [5.41, 5.74) is 4.73. The highest BCUT2D eigenvalue weighted by Crippen LogP contribution is 2.22. The Morgan fingerprint density at radius 1 is 0.897 bits per heavy atom. The third-order valence-corrected chi connectivity index (χ3v) is 5.61. The van der Waals surface area contributed by atoms with Gasteiger partial charge in [0, 0.05) is 11.3 Å². The van der Waals surface area contributed by atoms with Gasteiger partial charge in [0.2, 0.25) is 10.0 Å². The van der Waals surface area contributed by atoms with Crippen LogP contribution in [0.3, 0.4) is 0 Å². The van der Waals surface area contributed by atoms with Crippen molar-refractivity contribution >= 4 is 27.3 Å². The van der Waals surface area contributed by atoms with Crippen LogP contribution in [0.2, 0.25) is 0 Å². The van der Waals surface area contributed by atoms with E-state index < -0.39 is 10.0 Å². The van der Waals surface area contributed by atoms with Crippen LogP contribution in [0.4, 0.5) is 11.4 Å². The SMILES string of the molecule is Cc1cc(C)cc(NC(=O)c2ccc(N(Cc3ccccc3)S(C)(=O)=O)cc2)c1. The number of sulfonamides is 1. The zero-order valence-corrected chi connectivity index (χ0v) is 17.5. The fourth-order valence-electron chi connectivity index (χ4n) is 3.18. The maximum absolute atomic E-state index is 12.6. The molecule has 3 aromatic carbocycles. The molecule has 150 valence electrons. The van der Waals surface area contributed by atoms with Crippen LogP contribution in [0.25, 0.3) is 0 Å². The molecule has 3 aromatic rings. The van der Waals surface area contributed by atoms with Gasteiger partial charge in [-0.3, -0.25) is 9.10 Å². The first kappa shape index (κ1) is 20.6. The Labute approximate surface area is 172 Å². The van der Waals surface area contributed by atoms with Crippen LogP contribution in [0.15, 0.2) is 72.8 Å². The average Bonchev–Trinajstić information content (AvgIpc) is 2.65. The smallest absolute Gasteiger partial charge is 0.255 e. The summed E-state index contributed by atoms with van der Waals surface area (Å²) in [6.07, 6.45) is 1.18. The van der Waals surface area contributed by atoms with Gasteiger partial charge in [0.15, 0.2) is 0 Å². The molecule has 6 heteroatoms. The minimum Gasteiger partial charge on any atom is -0.322 e. The fraction of sp³-hybridized carbons (Fsp3) is 0.174. The molecule has 0 bridgehead atoms. The molecule has 0 atom stereocenters. The Hall–Kier alpha value is -3.12. The summed E-state index contributed by atoms with van der Waals surface area (Å²) in [6, 6.07) is 21.8. The Kier molecular flexibility index (Phi) is 6.03. The molecule has 0 saturated heterocycles. The van der Waals surface area contributed by atoms with Crippen LogP contribution in [-0.2, 0) is 16.6 Å². The van der Waals surface area contributed by atoms with E-state index in [1.54, 1.807) is 24.3 Å². The largest absolute Gasteiger partial charge is 0.322 e. The number of hydrogen-bond acceptors (Lipinski definition) is 3. The van der Waals surface area contributed by atoms with Gasteiger partial charge in [-0.2, -0.15) is 0 Å². The minimum absolute atomic E-state index is 0.230. The van der Waals surface area contributed by atoms with E-state index >= 15 is 0 Å². The van der Waals surface area contributed by atoms with E-state index in [0.717, 1.165) is 22.4 Å². The second-order valence-electron chi connectivity index (χ2n) is 7.13. The number of hydrogen-bond donors (Lipinski definition) is 1. The zero-order chi connectivity index (χ0) is 21.0. The van der Waals surface area contributed by atoms with Gasteiger partial charge in [0.05, 0.1) is 18.5 Å². The highest BCUT2D eigenvalue weighted by Gasteiger charge is 2.18. The molecule has 0 radical (unpaired) electrons. The second-order valence-corrected chi connectivity index (χ2v) is 9.04. The normalized spacial score (nSPS) is 11.1. The summed E-state index contributed by atoms with van der Waals surface area (Å²) in [5.74, 6) is -0.240. The van der Waals surface area contributed by atoms with Crippen LogP contribution < -0.4 is 9.62 Å². The molecule has 0 unspecified atom stereocenters. The molecule has 0 heterocycles. The van der Waals surface area contributed by atoms with Crippen LogP contribution in [0.1, 0.15) is 27.0 Å². The minimum atomic E-state index is -3.47. The van der Waals surface area contributed by atoms with E-state index in [1.165, 1.54) is 10.6 Å². The molecule has 0 aliphatic carbocycles. The van der Waals surface area contributed by atoms with Gasteiger partial charge in [-0.15, -0.1) is 0 Å². The highest BCUT2D eigenvalue weighted by atomic mass is 32.2. The molecule has 29 heavy (non-hydrogen) atoms. The second kappa shape index (κ2) is 8.49. The van der Waals surface area contributed by atoms with Gasteiger partial charge in [0.1, 0.15) is 0 Å². The van der Waals surface area contributed by atoms with Crippen molar-refractivity contribution in [2.24, 2.45) is 0 Å². The number of carbonyl (C=O) groups excluding carboxylic acids is 1. The molecule has 0 spiro atoms. The molecular formula is C23H24N2O3S. The molecule has 0 aliphatic rings. The van der Waals surface area contributed by atoms with Crippen molar-refractivity contribution in [2.45, 2.75) is 20.4 Å². The summed E-state index contributed by atoms with van der Waals surface area (Å²) in [4.78, 5) is 12.6. The third kappa shape index (κ3) is 5.45. The molecule has 0 aliphatic heterocycles. The summed E-state index contributed by atoms with van der Waals surface area (Å²) < 4.78 is 25.9. The Balaban J connectivity index is 1.80. The van der Waals surface area contributed by atoms with Crippen molar-refractivity contribution in [3.05, 3.63) is 95.1 Å².